The van der Waals surface area contributed by atoms with Crippen molar-refractivity contribution in [3.05, 3.63) is 48.0 Å². The van der Waals surface area contributed by atoms with Crippen LogP contribution >= 0.6 is 0 Å². The average Bonchev–Trinajstić information content (AvgIpc) is 2.88. The van der Waals surface area contributed by atoms with Gasteiger partial charge in [0.25, 0.3) is 0 Å². The maximum Gasteiger partial charge on any atom is 0.0583 e. The number of hydrogen-bond acceptors (Lipinski definition) is 1. The van der Waals surface area contributed by atoms with Crippen LogP contribution in [0.25, 0.3) is 21.8 Å². The molecule has 1 aliphatic heterocycles. The van der Waals surface area contributed by atoms with Crippen LogP contribution in [0.4, 0.5) is 0 Å². The number of aromatic nitrogens is 1. The van der Waals surface area contributed by atoms with Crippen molar-refractivity contribution in [2.75, 3.05) is 0 Å². The molecule has 1 atom stereocenters. The second-order valence-corrected chi connectivity index (χ2v) is 6.44. The summed E-state index contributed by atoms with van der Waals surface area (Å²) in [5.41, 5.74) is 4.57. The second kappa shape index (κ2) is 5.28. The van der Waals surface area contributed by atoms with E-state index in [2.05, 4.69) is 54.0 Å². The molecule has 0 amide bonds. The molecule has 2 heteroatoms. The van der Waals surface area contributed by atoms with E-state index in [9.17, 15) is 0 Å². The van der Waals surface area contributed by atoms with Gasteiger partial charge in [0.2, 0.25) is 0 Å². The Kier molecular flexibility index (Phi) is 3.25. The summed E-state index contributed by atoms with van der Waals surface area (Å²) in [5, 5.41) is 11.3. The van der Waals surface area contributed by atoms with Crippen LogP contribution in [0, 0.1) is 11.3 Å². The van der Waals surface area contributed by atoms with E-state index in [-0.39, 0.29) is 0 Å². The predicted molar refractivity (Wildman–Crippen MR) is 93.9 cm³/mol. The van der Waals surface area contributed by atoms with Crippen molar-refractivity contribution in [1.29, 1.82) is 5.41 Å². The molecule has 0 spiro atoms. The number of hydrogen-bond donors (Lipinski definition) is 1. The summed E-state index contributed by atoms with van der Waals surface area (Å²) in [4.78, 5) is 0. The number of para-hydroxylation sites is 2. The summed E-state index contributed by atoms with van der Waals surface area (Å²) in [6, 6.07) is 15.1. The Balaban J connectivity index is 1.88. The number of rotatable bonds is 4. The molecule has 22 heavy (non-hydrogen) atoms. The molecule has 1 aliphatic rings. The van der Waals surface area contributed by atoms with Gasteiger partial charge >= 0.3 is 0 Å². The number of benzene rings is 2. The first-order valence-corrected chi connectivity index (χ1v) is 8.40. The SMILES string of the molecule is CCCCCC1Cn2c3ccccc3c3cccc(c32)C1=N. The summed E-state index contributed by atoms with van der Waals surface area (Å²) in [5.74, 6) is 0.362. The first-order chi connectivity index (χ1) is 10.8. The van der Waals surface area contributed by atoms with Crippen LogP contribution in [0.5, 0.6) is 0 Å². The monoisotopic (exact) mass is 290 g/mol. The maximum atomic E-state index is 8.66. The Morgan fingerprint density at radius 3 is 2.73 bits per heavy atom. The second-order valence-electron chi connectivity index (χ2n) is 6.44. The van der Waals surface area contributed by atoms with Gasteiger partial charge in [0, 0.05) is 40.0 Å². The topological polar surface area (TPSA) is 28.8 Å². The van der Waals surface area contributed by atoms with Crippen molar-refractivity contribution in [3.63, 3.8) is 0 Å². The van der Waals surface area contributed by atoms with Crippen molar-refractivity contribution in [3.8, 4) is 0 Å². The first kappa shape index (κ1) is 13.6. The molecule has 2 aromatic carbocycles. The van der Waals surface area contributed by atoms with E-state index in [0.29, 0.717) is 5.92 Å². The van der Waals surface area contributed by atoms with Crippen LogP contribution in [-0.2, 0) is 6.54 Å². The zero-order valence-corrected chi connectivity index (χ0v) is 13.1. The van der Waals surface area contributed by atoms with Crippen LogP contribution in [0.2, 0.25) is 0 Å². The summed E-state index contributed by atoms with van der Waals surface area (Å²) >= 11 is 0. The van der Waals surface area contributed by atoms with Crippen molar-refractivity contribution in [1.82, 2.24) is 4.57 Å². The van der Waals surface area contributed by atoms with E-state index in [1.54, 1.807) is 0 Å². The van der Waals surface area contributed by atoms with Gasteiger partial charge in [-0.1, -0.05) is 62.6 Å². The minimum atomic E-state index is 0.362. The molecule has 3 aromatic rings. The molecule has 2 nitrogen and oxygen atoms in total. The van der Waals surface area contributed by atoms with Crippen LogP contribution in [0.3, 0.4) is 0 Å². The average molecular weight is 290 g/mol. The van der Waals surface area contributed by atoms with Crippen LogP contribution in [-0.4, -0.2) is 10.3 Å². The number of nitrogens with zero attached hydrogens (tertiary/aromatic N) is 1. The van der Waals surface area contributed by atoms with Gasteiger partial charge in [-0.25, -0.2) is 0 Å². The third kappa shape index (κ3) is 1.90. The minimum Gasteiger partial charge on any atom is -0.339 e. The lowest BCUT2D eigenvalue weighted by molar-refractivity contribution is 0.500. The molecule has 0 aliphatic carbocycles. The van der Waals surface area contributed by atoms with Crippen molar-refractivity contribution < 1.29 is 0 Å². The lowest BCUT2D eigenvalue weighted by atomic mass is 9.88. The molecule has 0 saturated heterocycles. The molecule has 0 radical (unpaired) electrons. The molecule has 0 fully saturated rings. The van der Waals surface area contributed by atoms with Crippen LogP contribution < -0.4 is 0 Å². The summed E-state index contributed by atoms with van der Waals surface area (Å²) in [6.45, 7) is 3.20. The quantitative estimate of drug-likeness (QED) is 0.626. The highest BCUT2D eigenvalue weighted by Crippen LogP contribution is 2.37. The van der Waals surface area contributed by atoms with Gasteiger partial charge in [-0.15, -0.1) is 0 Å². The summed E-state index contributed by atoms with van der Waals surface area (Å²) in [7, 11) is 0. The highest BCUT2D eigenvalue weighted by Gasteiger charge is 2.27. The standard InChI is InChI=1S/C20H22N2/c1-2-3-4-8-14-13-22-18-12-6-5-9-15(18)16-10-7-11-17(19(14)21)20(16)22/h5-7,9-12,14,21H,2-4,8,13H2,1H3. The fraction of sp³-hybridized carbons (Fsp3) is 0.350. The number of fused-ring (bicyclic) bond motifs is 3. The predicted octanol–water partition coefficient (Wildman–Crippen LogP) is 5.37. The van der Waals surface area contributed by atoms with Crippen LogP contribution in [0.1, 0.15) is 38.2 Å². The van der Waals surface area contributed by atoms with E-state index in [1.165, 1.54) is 41.1 Å². The first-order valence-electron chi connectivity index (χ1n) is 8.40. The molecule has 2 heterocycles. The van der Waals surface area contributed by atoms with Gasteiger partial charge in [-0.2, -0.15) is 0 Å². The summed E-state index contributed by atoms with van der Waals surface area (Å²) in [6.07, 6.45) is 4.88. The van der Waals surface area contributed by atoms with Gasteiger partial charge in [-0.3, -0.25) is 0 Å². The Morgan fingerprint density at radius 1 is 1.05 bits per heavy atom. The Labute approximate surface area is 131 Å². The molecular formula is C20H22N2. The molecule has 4 rings (SSSR count). The summed E-state index contributed by atoms with van der Waals surface area (Å²) < 4.78 is 2.45. The highest BCUT2D eigenvalue weighted by atomic mass is 15.0. The molecule has 1 aromatic heterocycles. The molecule has 0 saturated carbocycles. The Hall–Kier alpha value is -2.09. The zero-order chi connectivity index (χ0) is 15.1. The van der Waals surface area contributed by atoms with E-state index in [0.717, 1.165) is 24.2 Å². The van der Waals surface area contributed by atoms with Gasteiger partial charge in [-0.05, 0) is 12.5 Å². The van der Waals surface area contributed by atoms with E-state index in [1.807, 2.05) is 0 Å². The molecular weight excluding hydrogens is 268 g/mol. The third-order valence-corrected chi connectivity index (χ3v) is 5.05. The Morgan fingerprint density at radius 2 is 1.86 bits per heavy atom. The lowest BCUT2D eigenvalue weighted by Crippen LogP contribution is -2.26. The van der Waals surface area contributed by atoms with Crippen molar-refractivity contribution in [2.45, 2.75) is 39.2 Å². The van der Waals surface area contributed by atoms with Gasteiger partial charge in [0.15, 0.2) is 0 Å². The fourth-order valence-electron chi connectivity index (χ4n) is 3.92. The Bertz CT molecular complexity index is 857. The van der Waals surface area contributed by atoms with Gasteiger partial charge < -0.3 is 9.98 Å². The van der Waals surface area contributed by atoms with Gasteiger partial charge in [0.05, 0.1) is 5.52 Å². The van der Waals surface area contributed by atoms with Crippen molar-refractivity contribution >= 4 is 27.5 Å². The van der Waals surface area contributed by atoms with E-state index in [4.69, 9.17) is 5.41 Å². The molecule has 1 N–H and O–H groups in total. The van der Waals surface area contributed by atoms with E-state index < -0.39 is 0 Å². The fourth-order valence-corrected chi connectivity index (χ4v) is 3.92. The van der Waals surface area contributed by atoms with Crippen molar-refractivity contribution in [2.24, 2.45) is 5.92 Å². The maximum absolute atomic E-state index is 8.66. The molecule has 112 valence electrons. The van der Waals surface area contributed by atoms with E-state index >= 15 is 0 Å². The zero-order valence-electron chi connectivity index (χ0n) is 13.1. The molecule has 0 bridgehead atoms. The number of unbranched alkanes of at least 4 members (excludes halogenated alkanes) is 2. The largest absolute Gasteiger partial charge is 0.339 e. The number of nitrogens with one attached hydrogen (secondary N) is 1. The van der Waals surface area contributed by atoms with Gasteiger partial charge in [0.1, 0.15) is 0 Å². The lowest BCUT2D eigenvalue weighted by Gasteiger charge is -2.26. The smallest absolute Gasteiger partial charge is 0.0583 e. The molecule has 1 unspecified atom stereocenters. The third-order valence-electron chi connectivity index (χ3n) is 5.05. The highest BCUT2D eigenvalue weighted by molar-refractivity contribution is 6.18. The minimum absolute atomic E-state index is 0.362. The normalized spacial score (nSPS) is 17.5. The van der Waals surface area contributed by atoms with Crippen LogP contribution in [0.15, 0.2) is 42.5 Å².